The Morgan fingerprint density at radius 3 is 1.82 bits per heavy atom. The number of fused-ring (bicyclic) bond motifs is 7. The molecule has 0 bridgehead atoms. The molecule has 20 rings (SSSR count). The third-order valence-corrected chi connectivity index (χ3v) is 22.9. The van der Waals surface area contributed by atoms with Gasteiger partial charge in [0.15, 0.2) is 0 Å². The number of aromatic nitrogens is 10. The van der Waals surface area contributed by atoms with Gasteiger partial charge in [-0.1, -0.05) is 18.2 Å². The third-order valence-electron chi connectivity index (χ3n) is 22.9. The molecule has 28 nitrogen and oxygen atoms in total. The average Bonchev–Trinajstić information content (AvgIpc) is 1.66. The van der Waals surface area contributed by atoms with Gasteiger partial charge in [-0.05, 0) is 123 Å². The van der Waals surface area contributed by atoms with Gasteiger partial charge in [-0.3, -0.25) is 33.1 Å². The summed E-state index contributed by atoms with van der Waals surface area (Å²) in [6, 6.07) is 31.5. The van der Waals surface area contributed by atoms with E-state index in [9.17, 15) is 33.4 Å². The highest BCUT2D eigenvalue weighted by molar-refractivity contribution is 6.08. The summed E-state index contributed by atoms with van der Waals surface area (Å²) in [6.45, 7) is 15.1. The maximum Gasteiger partial charge on any atom is 0.254 e. The van der Waals surface area contributed by atoms with Gasteiger partial charge in [0.2, 0.25) is 0 Å². The first-order valence-corrected chi connectivity index (χ1v) is 38.3. The van der Waals surface area contributed by atoms with Crippen molar-refractivity contribution in [3.63, 3.8) is 0 Å². The molecule has 113 heavy (non-hydrogen) atoms. The molecule has 3 amide bonds. The number of hydrogen-bond donors (Lipinski definition) is 9. The molecule has 2 aromatic carbocycles. The highest BCUT2D eigenvalue weighted by Gasteiger charge is 2.40. The van der Waals surface area contributed by atoms with Crippen molar-refractivity contribution in [1.29, 1.82) is 0 Å². The minimum absolute atomic E-state index is 0.0971. The van der Waals surface area contributed by atoms with Crippen LogP contribution in [-0.2, 0) is 36.2 Å². The zero-order chi connectivity index (χ0) is 77.2. The number of aliphatic hydroxyl groups is 2. The van der Waals surface area contributed by atoms with E-state index in [1.807, 2.05) is 106 Å². The number of β-amino-alcohol motifs (C(OH)–C–C–N with tert-alkyl or cyclic N) is 1. The first-order valence-electron chi connectivity index (χ1n) is 38.3. The monoisotopic (exact) mass is 1530 g/mol. The second kappa shape index (κ2) is 29.9. The summed E-state index contributed by atoms with van der Waals surface area (Å²) in [5.74, 6) is 2.51. The predicted molar refractivity (Wildman–Crippen MR) is 425 cm³/mol. The van der Waals surface area contributed by atoms with E-state index < -0.39 is 11.2 Å². The second-order valence-electron chi connectivity index (χ2n) is 30.5. The molecule has 10 aromatic heterocycles. The van der Waals surface area contributed by atoms with E-state index in [1.165, 1.54) is 30.7 Å². The third kappa shape index (κ3) is 14.3. The maximum absolute atomic E-state index is 13.7. The minimum Gasteiger partial charge on any atom is -0.388 e. The van der Waals surface area contributed by atoms with Gasteiger partial charge in [-0.25, -0.2) is 38.7 Å². The van der Waals surface area contributed by atoms with Crippen molar-refractivity contribution in [3.8, 4) is 33.8 Å². The number of anilines is 9. The van der Waals surface area contributed by atoms with Gasteiger partial charge in [0.05, 0.1) is 124 Å². The summed E-state index contributed by atoms with van der Waals surface area (Å²) in [7, 11) is 1.97. The van der Waals surface area contributed by atoms with Crippen LogP contribution < -0.4 is 51.9 Å². The highest BCUT2D eigenvalue weighted by atomic mass is 19.1. The molecule has 12 aromatic rings. The normalized spacial score (nSPS) is 19.1. The van der Waals surface area contributed by atoms with Crippen LogP contribution in [0.4, 0.5) is 60.5 Å². The number of amides is 3. The molecular weight excluding hydrogens is 1440 g/mol. The Balaban J connectivity index is 0.000000118. The fraction of sp³-hybridized carbons (Fsp3) is 0.325. The molecule has 8 aliphatic heterocycles. The summed E-state index contributed by atoms with van der Waals surface area (Å²) in [4.78, 5) is 79.7. The number of rotatable bonds is 15. The van der Waals surface area contributed by atoms with E-state index in [1.54, 1.807) is 57.2 Å². The molecule has 8 aliphatic rings. The van der Waals surface area contributed by atoms with Crippen LogP contribution in [0, 0.1) is 17.6 Å². The molecule has 0 radical (unpaired) electrons. The van der Waals surface area contributed by atoms with Crippen LogP contribution in [0.1, 0.15) is 80.9 Å². The van der Waals surface area contributed by atoms with Gasteiger partial charge >= 0.3 is 0 Å². The van der Waals surface area contributed by atoms with Crippen LogP contribution in [0.25, 0.3) is 56.1 Å². The van der Waals surface area contributed by atoms with Gasteiger partial charge in [-0.15, -0.1) is 0 Å². The number of carbonyl (C=O) groups excluding carboxylic acids is 3. The minimum atomic E-state index is -0.930. The Morgan fingerprint density at radius 1 is 0.593 bits per heavy atom. The number of carbonyl (C=O) groups is 3. The molecule has 0 aliphatic carbocycles. The number of hydrogen-bond acceptors (Lipinski definition) is 22. The molecule has 0 unspecified atom stereocenters. The molecule has 3 atom stereocenters. The first kappa shape index (κ1) is 72.5. The number of piperidine rings is 1. The number of ether oxygens (including phenoxy) is 2. The molecule has 0 saturated carbocycles. The smallest absolute Gasteiger partial charge is 0.254 e. The number of morpholine rings is 2. The van der Waals surface area contributed by atoms with Crippen LogP contribution in [0.3, 0.4) is 0 Å². The van der Waals surface area contributed by atoms with Crippen molar-refractivity contribution >= 4 is 91.8 Å². The molecule has 578 valence electrons. The van der Waals surface area contributed by atoms with Crippen molar-refractivity contribution in [2.75, 3.05) is 116 Å². The van der Waals surface area contributed by atoms with Crippen LogP contribution in [0.2, 0.25) is 0 Å². The number of pyridine rings is 7. The maximum atomic E-state index is 13.7. The lowest BCUT2D eigenvalue weighted by Crippen LogP contribution is -2.53. The second-order valence-corrected chi connectivity index (χ2v) is 30.5. The number of nitrogens with zero attached hydrogens (tertiary/aromatic N) is 14. The van der Waals surface area contributed by atoms with Crippen molar-refractivity contribution < 1.29 is 42.9 Å². The van der Waals surface area contributed by atoms with E-state index >= 15 is 0 Å². The molecule has 18 heterocycles. The summed E-state index contributed by atoms with van der Waals surface area (Å²) < 4.78 is 44.1. The lowest BCUT2D eigenvalue weighted by atomic mass is 9.90. The number of nitrogens with one attached hydrogen (secondary N) is 7. The van der Waals surface area contributed by atoms with Crippen LogP contribution in [0.5, 0.6) is 0 Å². The van der Waals surface area contributed by atoms with E-state index in [4.69, 9.17) is 19.4 Å². The Morgan fingerprint density at radius 2 is 1.20 bits per heavy atom. The molecule has 5 saturated heterocycles. The largest absolute Gasteiger partial charge is 0.388 e. The zero-order valence-corrected chi connectivity index (χ0v) is 62.6. The van der Waals surface area contributed by atoms with Crippen molar-refractivity contribution in [3.05, 3.63) is 204 Å². The Bertz CT molecular complexity index is 5660. The summed E-state index contributed by atoms with van der Waals surface area (Å²) in [5, 5.41) is 44.8. The number of imidazole rings is 2. The van der Waals surface area contributed by atoms with E-state index in [-0.39, 0.29) is 35.5 Å². The molecule has 9 N–H and O–H groups in total. The number of aryl methyl sites for hydroxylation is 1. The lowest BCUT2D eigenvalue weighted by Gasteiger charge is -2.42. The van der Waals surface area contributed by atoms with E-state index in [2.05, 4.69) is 87.8 Å². The quantitative estimate of drug-likeness (QED) is 0.0461. The first-order chi connectivity index (χ1) is 54.9. The van der Waals surface area contributed by atoms with E-state index in [0.29, 0.717) is 133 Å². The molecule has 0 spiro atoms. The van der Waals surface area contributed by atoms with Gasteiger partial charge in [0.1, 0.15) is 58.0 Å². The summed E-state index contributed by atoms with van der Waals surface area (Å²) in [5.41, 5.74) is 13.7. The Labute approximate surface area is 648 Å². The van der Waals surface area contributed by atoms with Crippen LogP contribution >= 0.6 is 0 Å². The Hall–Kier alpha value is -12.1. The predicted octanol–water partition coefficient (Wildman–Crippen LogP) is 9.50. The van der Waals surface area contributed by atoms with Gasteiger partial charge < -0.3 is 76.2 Å². The SMILES string of the molecule is CC(C)(O)[C@@H]1CN(c2ccc(Nc3ccc(-c4cnc5cc(F)ccn45)c4c3C(=O)NC4)nc2)CCO1.Cn1ccc2c(-c3ncc(Nc4cccc(N5CC[C@H]6CNC[C@H]65)n4)c4c3CNC4=O)ccnc21.O=C1NCc2c(-c3cnc4cc(F)ccn34)ccc(Nc3ccc(N4CCC(O)(CN5CCOCC5)CC4)cn3)c21. The fourth-order valence-corrected chi connectivity index (χ4v) is 17.0. The van der Waals surface area contributed by atoms with Gasteiger partial charge in [0.25, 0.3) is 17.7 Å². The lowest BCUT2D eigenvalue weighted by molar-refractivity contribution is -0.0928. The highest BCUT2D eigenvalue weighted by Crippen LogP contribution is 2.41. The molecular formula is C83H85F2N21O7. The Kier molecular flexibility index (Phi) is 19.2. The fourth-order valence-electron chi connectivity index (χ4n) is 17.0. The molecule has 30 heteroatoms. The average molecular weight is 1530 g/mol. The van der Waals surface area contributed by atoms with Crippen LogP contribution in [0.15, 0.2) is 159 Å². The molecule has 5 fully saturated rings. The van der Waals surface area contributed by atoms with Crippen molar-refractivity contribution in [2.24, 2.45) is 13.0 Å². The summed E-state index contributed by atoms with van der Waals surface area (Å²) >= 11 is 0. The van der Waals surface area contributed by atoms with Crippen LogP contribution in [-0.4, -0.2) is 190 Å². The van der Waals surface area contributed by atoms with Gasteiger partial charge in [0, 0.05) is 163 Å². The van der Waals surface area contributed by atoms with E-state index in [0.717, 1.165) is 138 Å². The number of benzene rings is 2. The number of halogens is 2. The topological polar surface area (TPSA) is 311 Å². The van der Waals surface area contributed by atoms with Crippen molar-refractivity contribution in [1.82, 2.24) is 74.4 Å². The van der Waals surface area contributed by atoms with Gasteiger partial charge in [-0.2, -0.15) is 0 Å². The van der Waals surface area contributed by atoms with Crippen molar-refractivity contribution in [2.45, 2.75) is 76.1 Å². The standard InChI is InChI=1S/C30H32FN7O3.C27H27FN6O3.C26H26N8O/c31-20-5-8-38-25(18-33-27(38)15-20)22-2-3-24(28-23(22)17-34-29(28)39)35-26-4-1-21(16-32-26)37-9-6-30(40,7-10-37)19-36-11-13-41-14-12-36;1-27(2,36)22-15-33(9-10-37-22)17-3-6-23(29-12-17)32-20-5-4-18(19-13-31-26(35)25(19)20)21-14-30-24-11-16(28)7-8-34(21)24;1-33-9-7-17-16(5-8-28-25(17)33)24-18-12-30-26(35)23(18)19(13-29-24)31-21-3-2-4-22(32-21)34-10-6-15-11-27-14-20(15)34/h1-5,8,15-16,18,40H,6-7,9-14,17,19H2,(H,32,35)(H,34,39);3-8,11-12,14,22,36H,9-10,13,15H2,1-2H3,(H,29,32)(H,31,35);2-5,7-9,13,15,20,27H,6,10-12,14H2,1H3,(H,30,35)(H,31,32)/t;22-;15-,20+/m.00/s1. The summed E-state index contributed by atoms with van der Waals surface area (Å²) in [6.07, 6.45) is 18.1. The zero-order valence-electron chi connectivity index (χ0n) is 62.6.